The van der Waals surface area contributed by atoms with E-state index < -0.39 is 5.60 Å². The molecule has 5 rings (SSSR count). The zero-order valence-corrected chi connectivity index (χ0v) is 20.1. The average Bonchev–Trinajstić information content (AvgIpc) is 2.87. The Hall–Kier alpha value is -2.45. The van der Waals surface area contributed by atoms with E-state index in [1.165, 1.54) is 11.3 Å². The van der Waals surface area contributed by atoms with E-state index in [0.717, 1.165) is 44.0 Å². The van der Waals surface area contributed by atoms with E-state index in [0.29, 0.717) is 39.0 Å². The van der Waals surface area contributed by atoms with E-state index in [1.807, 2.05) is 29.2 Å². The highest BCUT2D eigenvalue weighted by Crippen LogP contribution is 2.33. The van der Waals surface area contributed by atoms with Gasteiger partial charge in [-0.2, -0.15) is 0 Å². The second-order valence-electron chi connectivity index (χ2n) is 9.81. The van der Waals surface area contributed by atoms with Crippen LogP contribution in [-0.2, 0) is 21.6 Å². The van der Waals surface area contributed by atoms with E-state index in [2.05, 4.69) is 46.4 Å². The lowest BCUT2D eigenvalue weighted by Crippen LogP contribution is -2.56. The molecule has 7 nitrogen and oxygen atoms in total. The molecule has 7 heteroatoms. The van der Waals surface area contributed by atoms with Crippen molar-refractivity contribution in [3.63, 3.8) is 0 Å². The van der Waals surface area contributed by atoms with Crippen molar-refractivity contribution >= 4 is 17.3 Å². The molecule has 0 radical (unpaired) electrons. The van der Waals surface area contributed by atoms with Gasteiger partial charge < -0.3 is 29.9 Å². The molecule has 0 bridgehead atoms. The average molecular weight is 465 g/mol. The van der Waals surface area contributed by atoms with Crippen molar-refractivity contribution in [2.24, 2.45) is 0 Å². The van der Waals surface area contributed by atoms with Gasteiger partial charge in [-0.05, 0) is 42.8 Å². The van der Waals surface area contributed by atoms with Crippen LogP contribution in [0.3, 0.4) is 0 Å². The molecule has 3 aliphatic heterocycles. The van der Waals surface area contributed by atoms with Crippen molar-refractivity contribution in [3.05, 3.63) is 59.7 Å². The first-order chi connectivity index (χ1) is 16.5. The summed E-state index contributed by atoms with van der Waals surface area (Å²) in [4.78, 5) is 20.2. The predicted molar refractivity (Wildman–Crippen MR) is 134 cm³/mol. The number of benzene rings is 2. The van der Waals surface area contributed by atoms with Crippen molar-refractivity contribution in [2.45, 2.75) is 30.9 Å². The molecule has 1 atom stereocenters. The minimum absolute atomic E-state index is 0.108. The van der Waals surface area contributed by atoms with Gasteiger partial charge in [-0.3, -0.25) is 4.79 Å². The molecule has 0 aromatic heterocycles. The number of amides is 1. The summed E-state index contributed by atoms with van der Waals surface area (Å²) in [6.45, 7) is 6.69. The predicted octanol–water partition coefficient (Wildman–Crippen LogP) is 1.98. The minimum Gasteiger partial charge on any atom is -0.385 e. The molecule has 3 heterocycles. The number of anilines is 2. The quantitative estimate of drug-likeness (QED) is 0.706. The lowest BCUT2D eigenvalue weighted by atomic mass is 9.86. The molecular weight excluding hydrogens is 428 g/mol. The summed E-state index contributed by atoms with van der Waals surface area (Å²) < 4.78 is 5.41. The van der Waals surface area contributed by atoms with Crippen LogP contribution in [0.2, 0.25) is 0 Å². The molecule has 2 aromatic rings. The lowest BCUT2D eigenvalue weighted by molar-refractivity contribution is -0.121. The third-order valence-corrected chi connectivity index (χ3v) is 7.59. The van der Waals surface area contributed by atoms with E-state index >= 15 is 0 Å². The van der Waals surface area contributed by atoms with Crippen molar-refractivity contribution in [1.82, 2.24) is 10.2 Å². The molecule has 34 heavy (non-hydrogen) atoms. The van der Waals surface area contributed by atoms with Gasteiger partial charge in [-0.1, -0.05) is 30.3 Å². The number of carbonyl (C=O) groups excluding carboxylic acids is 1. The summed E-state index contributed by atoms with van der Waals surface area (Å²) in [5, 5.41) is 14.4. The van der Waals surface area contributed by atoms with Gasteiger partial charge in [0.05, 0.1) is 11.6 Å². The summed E-state index contributed by atoms with van der Waals surface area (Å²) in [6, 6.07) is 16.1. The van der Waals surface area contributed by atoms with Gasteiger partial charge in [0.25, 0.3) is 0 Å². The monoisotopic (exact) mass is 464 g/mol. The minimum atomic E-state index is -0.834. The number of nitrogens with one attached hydrogen (secondary N) is 1. The SMILES string of the molecule is CN1CCN(c2ccccc2CC2NCCN(c3ccc(C4(O)CCOCC4)cc3)C2=O)CC1. The number of aliphatic hydroxyl groups is 1. The van der Waals surface area contributed by atoms with E-state index in [9.17, 15) is 9.90 Å². The summed E-state index contributed by atoms with van der Waals surface area (Å²) in [6.07, 6.45) is 1.89. The molecule has 1 amide bonds. The fraction of sp³-hybridized carbons (Fsp3) is 0.519. The van der Waals surface area contributed by atoms with Crippen molar-refractivity contribution < 1.29 is 14.6 Å². The third kappa shape index (κ3) is 4.84. The maximum Gasteiger partial charge on any atom is 0.244 e. The molecule has 0 spiro atoms. The molecule has 3 fully saturated rings. The van der Waals surface area contributed by atoms with Crippen LogP contribution >= 0.6 is 0 Å². The van der Waals surface area contributed by atoms with Gasteiger partial charge in [0.15, 0.2) is 0 Å². The number of carbonyl (C=O) groups is 1. The Labute approximate surface area is 202 Å². The molecule has 1 unspecified atom stereocenters. The molecule has 0 aliphatic carbocycles. The standard InChI is InChI=1S/C27H36N4O3/c1-29-14-16-30(17-15-29)25-5-3-2-4-21(25)20-24-26(32)31(13-12-28-24)23-8-6-22(7-9-23)27(33)10-18-34-19-11-27/h2-9,24,28,33H,10-20H2,1H3. The Kier molecular flexibility index (Phi) is 6.88. The van der Waals surface area contributed by atoms with Gasteiger partial charge in [-0.15, -0.1) is 0 Å². The number of piperazine rings is 2. The Morgan fingerprint density at radius 3 is 2.44 bits per heavy atom. The largest absolute Gasteiger partial charge is 0.385 e. The van der Waals surface area contributed by atoms with Crippen LogP contribution < -0.4 is 15.1 Å². The van der Waals surface area contributed by atoms with Gasteiger partial charge >= 0.3 is 0 Å². The van der Waals surface area contributed by atoms with Crippen LogP contribution in [-0.4, -0.2) is 81.5 Å². The second kappa shape index (κ2) is 10.0. The zero-order valence-electron chi connectivity index (χ0n) is 20.1. The Morgan fingerprint density at radius 1 is 1.00 bits per heavy atom. The normalized spacial score (nSPS) is 23.8. The molecule has 3 saturated heterocycles. The zero-order chi connectivity index (χ0) is 23.5. The Balaban J connectivity index is 1.29. The van der Waals surface area contributed by atoms with Crippen LogP contribution in [0.25, 0.3) is 0 Å². The summed E-state index contributed by atoms with van der Waals surface area (Å²) in [5.74, 6) is 0.108. The molecule has 2 N–H and O–H groups in total. The van der Waals surface area contributed by atoms with Gasteiger partial charge in [-0.25, -0.2) is 0 Å². The number of ether oxygens (including phenoxy) is 1. The van der Waals surface area contributed by atoms with Crippen LogP contribution in [0.15, 0.2) is 48.5 Å². The molecular formula is C27H36N4O3. The van der Waals surface area contributed by atoms with Gasteiger partial charge in [0.2, 0.25) is 5.91 Å². The van der Waals surface area contributed by atoms with Crippen LogP contribution in [0, 0.1) is 0 Å². The number of nitrogens with zero attached hydrogens (tertiary/aromatic N) is 3. The number of hydrogen-bond acceptors (Lipinski definition) is 6. The first-order valence-electron chi connectivity index (χ1n) is 12.5. The summed E-state index contributed by atoms with van der Waals surface area (Å²) in [7, 11) is 2.17. The fourth-order valence-electron chi connectivity index (χ4n) is 5.36. The van der Waals surface area contributed by atoms with E-state index in [4.69, 9.17) is 4.74 Å². The second-order valence-corrected chi connectivity index (χ2v) is 9.81. The fourth-order valence-corrected chi connectivity index (χ4v) is 5.36. The summed E-state index contributed by atoms with van der Waals surface area (Å²) in [5.41, 5.74) is 3.43. The molecule has 3 aliphatic rings. The van der Waals surface area contributed by atoms with Crippen molar-refractivity contribution in [3.8, 4) is 0 Å². The Bertz CT molecular complexity index is 982. The van der Waals surface area contributed by atoms with Crippen LogP contribution in [0.5, 0.6) is 0 Å². The van der Waals surface area contributed by atoms with Gasteiger partial charge in [0, 0.05) is 76.7 Å². The maximum absolute atomic E-state index is 13.5. The highest BCUT2D eigenvalue weighted by molar-refractivity contribution is 5.98. The van der Waals surface area contributed by atoms with E-state index in [1.54, 1.807) is 0 Å². The van der Waals surface area contributed by atoms with E-state index in [-0.39, 0.29) is 11.9 Å². The molecule has 0 saturated carbocycles. The number of likely N-dealkylation sites (N-methyl/N-ethyl adjacent to an activating group) is 1. The highest BCUT2D eigenvalue weighted by atomic mass is 16.5. The highest BCUT2D eigenvalue weighted by Gasteiger charge is 2.33. The number of para-hydroxylation sites is 1. The third-order valence-electron chi connectivity index (χ3n) is 7.59. The maximum atomic E-state index is 13.5. The lowest BCUT2D eigenvalue weighted by Gasteiger charge is -2.37. The topological polar surface area (TPSA) is 68.3 Å². The number of hydrogen-bond donors (Lipinski definition) is 2. The first-order valence-corrected chi connectivity index (χ1v) is 12.5. The number of rotatable bonds is 5. The summed E-state index contributed by atoms with van der Waals surface area (Å²) >= 11 is 0. The Morgan fingerprint density at radius 2 is 1.71 bits per heavy atom. The first kappa shape index (κ1) is 23.3. The van der Waals surface area contributed by atoms with Crippen molar-refractivity contribution in [1.29, 1.82) is 0 Å². The molecule has 182 valence electrons. The smallest absolute Gasteiger partial charge is 0.244 e. The van der Waals surface area contributed by atoms with Crippen LogP contribution in [0.4, 0.5) is 11.4 Å². The van der Waals surface area contributed by atoms with Crippen LogP contribution in [0.1, 0.15) is 24.0 Å². The van der Waals surface area contributed by atoms with Gasteiger partial charge in [0.1, 0.15) is 0 Å². The molecule has 2 aromatic carbocycles. The van der Waals surface area contributed by atoms with Crippen molar-refractivity contribution in [2.75, 3.05) is 69.3 Å².